The topological polar surface area (TPSA) is 61.0 Å². The standard InChI is InChI=1S/C14H13N3O2S/c1-2-14-15-10(9-20-14)8-16-7-6-11-12(16)4-3-5-13(11)17(18)19/h3-7,9H,2,8H2,1H3. The number of benzene rings is 1. The number of hydrogen-bond acceptors (Lipinski definition) is 4. The molecule has 20 heavy (non-hydrogen) atoms. The van der Waals surface area contributed by atoms with E-state index in [1.54, 1.807) is 23.5 Å². The SMILES string of the molecule is CCc1nc(Cn2ccc3c([N+](=O)[O-])cccc32)cs1. The summed E-state index contributed by atoms with van der Waals surface area (Å²) in [7, 11) is 0. The Labute approximate surface area is 119 Å². The fourth-order valence-electron chi connectivity index (χ4n) is 2.26. The van der Waals surface area contributed by atoms with Crippen molar-refractivity contribution in [1.29, 1.82) is 0 Å². The summed E-state index contributed by atoms with van der Waals surface area (Å²) in [6, 6.07) is 6.94. The summed E-state index contributed by atoms with van der Waals surface area (Å²) < 4.78 is 2.00. The lowest BCUT2D eigenvalue weighted by Gasteiger charge is -2.02. The van der Waals surface area contributed by atoms with Crippen LogP contribution >= 0.6 is 11.3 Å². The predicted octanol–water partition coefficient (Wildman–Crippen LogP) is 3.62. The summed E-state index contributed by atoms with van der Waals surface area (Å²) in [6.45, 7) is 2.72. The zero-order valence-electron chi connectivity index (χ0n) is 10.9. The van der Waals surface area contributed by atoms with Gasteiger partial charge in [0.1, 0.15) is 0 Å². The van der Waals surface area contributed by atoms with Gasteiger partial charge in [-0.2, -0.15) is 0 Å². The Kier molecular flexibility index (Phi) is 3.23. The van der Waals surface area contributed by atoms with Gasteiger partial charge in [-0.25, -0.2) is 4.98 Å². The number of nitrogens with zero attached hydrogens (tertiary/aromatic N) is 3. The number of aromatic nitrogens is 2. The van der Waals surface area contributed by atoms with Gasteiger partial charge in [-0.05, 0) is 18.6 Å². The highest BCUT2D eigenvalue weighted by Crippen LogP contribution is 2.26. The molecule has 0 N–H and O–H groups in total. The van der Waals surface area contributed by atoms with Crippen LogP contribution in [-0.4, -0.2) is 14.5 Å². The quantitative estimate of drug-likeness (QED) is 0.544. The molecule has 5 nitrogen and oxygen atoms in total. The first-order valence-electron chi connectivity index (χ1n) is 6.34. The van der Waals surface area contributed by atoms with E-state index in [-0.39, 0.29) is 10.6 Å². The van der Waals surface area contributed by atoms with E-state index in [0.717, 1.165) is 22.6 Å². The summed E-state index contributed by atoms with van der Waals surface area (Å²) in [4.78, 5) is 15.2. The Morgan fingerprint density at radius 3 is 2.95 bits per heavy atom. The highest BCUT2D eigenvalue weighted by atomic mass is 32.1. The molecule has 0 spiro atoms. The Morgan fingerprint density at radius 2 is 2.25 bits per heavy atom. The molecule has 0 saturated heterocycles. The Balaban J connectivity index is 2.00. The number of aryl methyl sites for hydroxylation is 1. The molecule has 6 heteroatoms. The zero-order valence-corrected chi connectivity index (χ0v) is 11.8. The Hall–Kier alpha value is -2.21. The van der Waals surface area contributed by atoms with Gasteiger partial charge in [0.05, 0.1) is 33.1 Å². The average Bonchev–Trinajstić information content (AvgIpc) is 3.06. The van der Waals surface area contributed by atoms with Crippen LogP contribution in [0.1, 0.15) is 17.6 Å². The van der Waals surface area contributed by atoms with E-state index in [9.17, 15) is 10.1 Å². The molecule has 0 radical (unpaired) electrons. The molecule has 3 rings (SSSR count). The van der Waals surface area contributed by atoms with Crippen LogP contribution < -0.4 is 0 Å². The van der Waals surface area contributed by atoms with Crippen LogP contribution in [0, 0.1) is 10.1 Å². The molecule has 0 fully saturated rings. The molecule has 1 aromatic carbocycles. The number of hydrogen-bond donors (Lipinski definition) is 0. The van der Waals surface area contributed by atoms with E-state index < -0.39 is 0 Å². The first-order chi connectivity index (χ1) is 9.69. The normalized spacial score (nSPS) is 11.1. The van der Waals surface area contributed by atoms with Gasteiger partial charge in [-0.3, -0.25) is 10.1 Å². The van der Waals surface area contributed by atoms with Crippen molar-refractivity contribution in [3.8, 4) is 0 Å². The minimum absolute atomic E-state index is 0.147. The van der Waals surface area contributed by atoms with Gasteiger partial charge >= 0.3 is 0 Å². The lowest BCUT2D eigenvalue weighted by atomic mass is 10.2. The zero-order chi connectivity index (χ0) is 14.1. The predicted molar refractivity (Wildman–Crippen MR) is 79.2 cm³/mol. The molecular formula is C14H13N3O2S. The molecule has 0 amide bonds. The molecule has 2 heterocycles. The fraction of sp³-hybridized carbons (Fsp3) is 0.214. The van der Waals surface area contributed by atoms with Crippen molar-refractivity contribution in [2.24, 2.45) is 0 Å². The maximum absolute atomic E-state index is 11.0. The molecular weight excluding hydrogens is 274 g/mol. The number of nitro groups is 1. The highest BCUT2D eigenvalue weighted by molar-refractivity contribution is 7.09. The Morgan fingerprint density at radius 1 is 1.40 bits per heavy atom. The third-order valence-corrected chi connectivity index (χ3v) is 4.26. The monoisotopic (exact) mass is 287 g/mol. The van der Waals surface area contributed by atoms with E-state index >= 15 is 0 Å². The Bertz CT molecular complexity index is 776. The van der Waals surface area contributed by atoms with Crippen molar-refractivity contribution in [2.75, 3.05) is 0 Å². The lowest BCUT2D eigenvalue weighted by Crippen LogP contribution is -1.98. The second-order valence-corrected chi connectivity index (χ2v) is 5.44. The summed E-state index contributed by atoms with van der Waals surface area (Å²) in [5, 5.41) is 14.8. The molecule has 0 atom stereocenters. The van der Waals surface area contributed by atoms with Crippen LogP contribution in [0.15, 0.2) is 35.8 Å². The van der Waals surface area contributed by atoms with Gasteiger partial charge in [0.2, 0.25) is 0 Å². The number of fused-ring (bicyclic) bond motifs is 1. The second-order valence-electron chi connectivity index (χ2n) is 4.50. The molecule has 102 valence electrons. The molecule has 3 aromatic rings. The molecule has 2 aromatic heterocycles. The van der Waals surface area contributed by atoms with Gasteiger partial charge in [-0.15, -0.1) is 11.3 Å². The van der Waals surface area contributed by atoms with Gasteiger partial charge in [0.15, 0.2) is 0 Å². The van der Waals surface area contributed by atoms with Crippen molar-refractivity contribution in [2.45, 2.75) is 19.9 Å². The number of thiazole rings is 1. The second kappa shape index (κ2) is 5.05. The third-order valence-electron chi connectivity index (χ3n) is 3.22. The van der Waals surface area contributed by atoms with E-state index in [1.807, 2.05) is 22.2 Å². The summed E-state index contributed by atoms with van der Waals surface area (Å²) >= 11 is 1.65. The average molecular weight is 287 g/mol. The minimum Gasteiger partial charge on any atom is -0.341 e. The van der Waals surface area contributed by atoms with Crippen molar-refractivity contribution >= 4 is 27.9 Å². The molecule has 0 aliphatic heterocycles. The molecule has 0 bridgehead atoms. The summed E-state index contributed by atoms with van der Waals surface area (Å²) in [5.74, 6) is 0. The van der Waals surface area contributed by atoms with E-state index in [0.29, 0.717) is 11.9 Å². The maximum Gasteiger partial charge on any atom is 0.278 e. The third kappa shape index (κ3) is 2.18. The van der Waals surface area contributed by atoms with Gasteiger partial charge in [0.25, 0.3) is 5.69 Å². The van der Waals surface area contributed by atoms with E-state index in [4.69, 9.17) is 0 Å². The first kappa shape index (κ1) is 12.8. The van der Waals surface area contributed by atoms with Crippen LogP contribution in [0.3, 0.4) is 0 Å². The summed E-state index contributed by atoms with van der Waals surface area (Å²) in [5.41, 5.74) is 2.01. The minimum atomic E-state index is -0.343. The summed E-state index contributed by atoms with van der Waals surface area (Å²) in [6.07, 6.45) is 2.81. The number of non-ortho nitro benzene ring substituents is 1. The maximum atomic E-state index is 11.0. The molecule has 0 aliphatic carbocycles. The van der Waals surface area contributed by atoms with Crippen molar-refractivity contribution in [3.05, 3.63) is 56.7 Å². The van der Waals surface area contributed by atoms with Gasteiger partial charge < -0.3 is 4.57 Å². The number of rotatable bonds is 4. The van der Waals surface area contributed by atoms with Gasteiger partial charge in [-0.1, -0.05) is 13.0 Å². The van der Waals surface area contributed by atoms with Crippen LogP contribution in [0.5, 0.6) is 0 Å². The van der Waals surface area contributed by atoms with Crippen LogP contribution in [-0.2, 0) is 13.0 Å². The smallest absolute Gasteiger partial charge is 0.278 e. The largest absolute Gasteiger partial charge is 0.341 e. The lowest BCUT2D eigenvalue weighted by molar-refractivity contribution is -0.383. The van der Waals surface area contributed by atoms with Crippen LogP contribution in [0.25, 0.3) is 10.9 Å². The molecule has 0 aliphatic rings. The van der Waals surface area contributed by atoms with Crippen LogP contribution in [0.2, 0.25) is 0 Å². The molecule has 0 unspecified atom stereocenters. The first-order valence-corrected chi connectivity index (χ1v) is 7.22. The molecule has 0 saturated carbocycles. The van der Waals surface area contributed by atoms with E-state index in [1.165, 1.54) is 6.07 Å². The van der Waals surface area contributed by atoms with E-state index in [2.05, 4.69) is 11.9 Å². The van der Waals surface area contributed by atoms with Crippen molar-refractivity contribution in [3.63, 3.8) is 0 Å². The number of nitro benzene ring substituents is 1. The highest BCUT2D eigenvalue weighted by Gasteiger charge is 2.14. The van der Waals surface area contributed by atoms with Crippen molar-refractivity contribution in [1.82, 2.24) is 9.55 Å². The van der Waals surface area contributed by atoms with Crippen molar-refractivity contribution < 1.29 is 4.92 Å². The van der Waals surface area contributed by atoms with Crippen LogP contribution in [0.4, 0.5) is 5.69 Å². The van der Waals surface area contributed by atoms with Gasteiger partial charge in [0, 0.05) is 17.6 Å². The fourth-order valence-corrected chi connectivity index (χ4v) is 3.00.